The van der Waals surface area contributed by atoms with Crippen molar-refractivity contribution < 1.29 is 29.0 Å². The van der Waals surface area contributed by atoms with Gasteiger partial charge in [-0.05, 0) is 6.92 Å². The fourth-order valence-corrected chi connectivity index (χ4v) is 1.07. The van der Waals surface area contributed by atoms with Gasteiger partial charge in [-0.25, -0.2) is 14.6 Å². The summed E-state index contributed by atoms with van der Waals surface area (Å²) in [6.07, 6.45) is 0.237. The Kier molecular flexibility index (Phi) is 4.01. The van der Waals surface area contributed by atoms with Crippen LogP contribution in [0.5, 0.6) is 0 Å². The van der Waals surface area contributed by atoms with Gasteiger partial charge in [-0.3, -0.25) is 0 Å². The molecule has 16 heavy (non-hydrogen) atoms. The molecule has 1 rings (SSSR count). The molecule has 0 aliphatic carbocycles. The largest absolute Gasteiger partial charge is 0.476 e. The molecule has 0 aromatic carbocycles. The van der Waals surface area contributed by atoms with Crippen molar-refractivity contribution in [3.8, 4) is 0 Å². The highest BCUT2D eigenvalue weighted by atomic mass is 16.5. The average Bonchev–Trinajstić information content (AvgIpc) is 2.62. The van der Waals surface area contributed by atoms with E-state index in [4.69, 9.17) is 19.4 Å². The van der Waals surface area contributed by atoms with E-state index in [-0.39, 0.29) is 12.3 Å². The van der Waals surface area contributed by atoms with E-state index in [1.54, 1.807) is 6.92 Å². The predicted octanol–water partition coefficient (Wildman–Crippen LogP) is 0.650. The van der Waals surface area contributed by atoms with Crippen molar-refractivity contribution in [2.45, 2.75) is 13.3 Å². The van der Waals surface area contributed by atoms with Gasteiger partial charge in [0.25, 0.3) is 0 Å². The van der Waals surface area contributed by atoms with Gasteiger partial charge in [0.05, 0.1) is 6.61 Å². The maximum Gasteiger partial charge on any atom is 0.374 e. The second-order valence-corrected chi connectivity index (χ2v) is 2.84. The first-order chi connectivity index (χ1) is 7.56. The fourth-order valence-electron chi connectivity index (χ4n) is 1.07. The van der Waals surface area contributed by atoms with Crippen LogP contribution < -0.4 is 0 Å². The molecule has 1 aromatic heterocycles. The van der Waals surface area contributed by atoms with Crippen molar-refractivity contribution in [3.05, 3.63) is 17.3 Å². The summed E-state index contributed by atoms with van der Waals surface area (Å²) in [5.41, 5.74) is -0.584. The number of hydrogen-bond acceptors (Lipinski definition) is 5. The van der Waals surface area contributed by atoms with E-state index in [0.29, 0.717) is 13.2 Å². The van der Waals surface area contributed by atoms with Crippen LogP contribution in [0.1, 0.15) is 33.9 Å². The topological polar surface area (TPSA) is 110 Å². The third-order valence-electron chi connectivity index (χ3n) is 1.73. The van der Waals surface area contributed by atoms with Crippen LogP contribution in [0.3, 0.4) is 0 Å². The highest BCUT2D eigenvalue weighted by molar-refractivity contribution is 5.98. The molecule has 0 radical (unpaired) electrons. The van der Waals surface area contributed by atoms with Crippen LogP contribution >= 0.6 is 0 Å². The molecule has 7 nitrogen and oxygen atoms in total. The van der Waals surface area contributed by atoms with E-state index in [1.165, 1.54) is 0 Å². The Balaban J connectivity index is 2.84. The normalized spacial score (nSPS) is 10.3. The molecule has 0 saturated heterocycles. The van der Waals surface area contributed by atoms with Gasteiger partial charge in [-0.1, -0.05) is 0 Å². The lowest BCUT2D eigenvalue weighted by atomic mass is 10.3. The molecular weight excluding hydrogens is 218 g/mol. The first-order valence-corrected chi connectivity index (χ1v) is 4.60. The second kappa shape index (κ2) is 5.26. The van der Waals surface area contributed by atoms with E-state index in [9.17, 15) is 9.59 Å². The first-order valence-electron chi connectivity index (χ1n) is 4.60. The molecular formula is C9H11NO6. The summed E-state index contributed by atoms with van der Waals surface area (Å²) in [6.45, 7) is 2.62. The Labute approximate surface area is 90.7 Å². The van der Waals surface area contributed by atoms with Crippen molar-refractivity contribution in [3.63, 3.8) is 0 Å². The maximum absolute atomic E-state index is 10.7. The van der Waals surface area contributed by atoms with Gasteiger partial charge in [0.1, 0.15) is 0 Å². The number of aromatic carboxylic acids is 2. The zero-order valence-electron chi connectivity index (χ0n) is 8.60. The molecule has 2 N–H and O–H groups in total. The summed E-state index contributed by atoms with van der Waals surface area (Å²) >= 11 is 0. The number of hydrogen-bond donors (Lipinski definition) is 2. The molecule has 0 bridgehead atoms. The van der Waals surface area contributed by atoms with E-state index in [0.717, 1.165) is 0 Å². The minimum Gasteiger partial charge on any atom is -0.476 e. The van der Waals surface area contributed by atoms with Crippen LogP contribution in [0.4, 0.5) is 0 Å². The Morgan fingerprint density at radius 1 is 1.38 bits per heavy atom. The van der Waals surface area contributed by atoms with Crippen LogP contribution in [0.2, 0.25) is 0 Å². The molecule has 0 aliphatic rings. The van der Waals surface area contributed by atoms with Gasteiger partial charge >= 0.3 is 11.9 Å². The number of aromatic nitrogens is 1. The maximum atomic E-state index is 10.7. The fraction of sp³-hybridized carbons (Fsp3) is 0.444. The van der Waals surface area contributed by atoms with Gasteiger partial charge in [-0.15, -0.1) is 0 Å². The minimum atomic E-state index is -1.45. The van der Waals surface area contributed by atoms with Gasteiger partial charge < -0.3 is 19.4 Å². The average molecular weight is 229 g/mol. The Hall–Kier alpha value is -1.89. The van der Waals surface area contributed by atoms with Crippen LogP contribution in [-0.4, -0.2) is 40.3 Å². The van der Waals surface area contributed by atoms with Gasteiger partial charge in [0.2, 0.25) is 11.5 Å². The number of oxazole rings is 1. The first kappa shape index (κ1) is 12.2. The van der Waals surface area contributed by atoms with Crippen molar-refractivity contribution >= 4 is 11.9 Å². The molecule has 0 unspecified atom stereocenters. The monoisotopic (exact) mass is 229 g/mol. The van der Waals surface area contributed by atoms with Crippen LogP contribution in [-0.2, 0) is 11.2 Å². The second-order valence-electron chi connectivity index (χ2n) is 2.84. The van der Waals surface area contributed by atoms with Gasteiger partial charge in [0, 0.05) is 13.0 Å². The van der Waals surface area contributed by atoms with Gasteiger partial charge in [-0.2, -0.15) is 0 Å². The summed E-state index contributed by atoms with van der Waals surface area (Å²) in [4.78, 5) is 24.9. The lowest BCUT2D eigenvalue weighted by Crippen LogP contribution is -2.05. The predicted molar refractivity (Wildman–Crippen MR) is 50.6 cm³/mol. The standard InChI is InChI=1S/C9H11NO6/c1-2-15-4-3-5-10-6(8(11)12)7(16-5)9(13)14/h2-4H2,1H3,(H,11,12)(H,13,14). The van der Waals surface area contributed by atoms with E-state index in [2.05, 4.69) is 4.98 Å². The number of carboxylic acid groups (broad SMARTS) is 2. The highest BCUT2D eigenvalue weighted by Crippen LogP contribution is 2.12. The third-order valence-corrected chi connectivity index (χ3v) is 1.73. The SMILES string of the molecule is CCOCCc1nc(C(=O)O)c(C(=O)O)o1. The number of carbonyl (C=O) groups is 2. The molecule has 1 aromatic rings. The molecule has 0 spiro atoms. The van der Waals surface area contributed by atoms with Gasteiger partial charge in [0.15, 0.2) is 5.89 Å². The quantitative estimate of drug-likeness (QED) is 0.689. The summed E-state index contributed by atoms with van der Waals surface area (Å²) in [5, 5.41) is 17.4. The molecule has 0 fully saturated rings. The van der Waals surface area contributed by atoms with E-state index < -0.39 is 23.4 Å². The lowest BCUT2D eigenvalue weighted by molar-refractivity contribution is 0.0622. The summed E-state index contributed by atoms with van der Waals surface area (Å²) in [6, 6.07) is 0. The smallest absolute Gasteiger partial charge is 0.374 e. The summed E-state index contributed by atoms with van der Waals surface area (Å²) in [7, 11) is 0. The number of carboxylic acids is 2. The summed E-state index contributed by atoms with van der Waals surface area (Å²) in [5.74, 6) is -3.49. The molecule has 0 aliphatic heterocycles. The number of ether oxygens (including phenoxy) is 1. The molecule has 1 heterocycles. The zero-order valence-corrected chi connectivity index (χ0v) is 8.60. The molecule has 88 valence electrons. The Bertz CT molecular complexity index is 365. The number of nitrogens with zero attached hydrogens (tertiary/aromatic N) is 1. The molecule has 0 atom stereocenters. The van der Waals surface area contributed by atoms with Crippen LogP contribution in [0.15, 0.2) is 4.42 Å². The van der Waals surface area contributed by atoms with E-state index in [1.807, 2.05) is 0 Å². The highest BCUT2D eigenvalue weighted by Gasteiger charge is 2.24. The van der Waals surface area contributed by atoms with Crippen molar-refractivity contribution in [1.29, 1.82) is 0 Å². The number of rotatable bonds is 6. The van der Waals surface area contributed by atoms with Crippen molar-refractivity contribution in [2.24, 2.45) is 0 Å². The Morgan fingerprint density at radius 3 is 2.50 bits per heavy atom. The molecule has 7 heteroatoms. The van der Waals surface area contributed by atoms with Crippen molar-refractivity contribution in [1.82, 2.24) is 4.98 Å². The van der Waals surface area contributed by atoms with Crippen molar-refractivity contribution in [2.75, 3.05) is 13.2 Å². The van der Waals surface area contributed by atoms with Crippen LogP contribution in [0.25, 0.3) is 0 Å². The zero-order chi connectivity index (χ0) is 12.1. The Morgan fingerprint density at radius 2 is 2.06 bits per heavy atom. The minimum absolute atomic E-state index is 0.0447. The lowest BCUT2D eigenvalue weighted by Gasteiger charge is -1.95. The summed E-state index contributed by atoms with van der Waals surface area (Å²) < 4.78 is 9.83. The van der Waals surface area contributed by atoms with Crippen LogP contribution in [0, 0.1) is 0 Å². The molecule has 0 saturated carbocycles. The molecule has 0 amide bonds. The third kappa shape index (κ3) is 2.80. The van der Waals surface area contributed by atoms with E-state index >= 15 is 0 Å².